The summed E-state index contributed by atoms with van der Waals surface area (Å²) < 4.78 is 7.90. The molecule has 0 spiro atoms. The number of hydrogen-bond acceptors (Lipinski definition) is 4. The number of aryl methyl sites for hydroxylation is 1. The third-order valence-electron chi connectivity index (χ3n) is 4.56. The van der Waals surface area contributed by atoms with Gasteiger partial charge in [-0.2, -0.15) is 5.10 Å². The minimum atomic E-state index is -0.483. The Labute approximate surface area is 142 Å². The normalized spacial score (nSPS) is 21.7. The molecule has 6 nitrogen and oxygen atoms in total. The largest absolute Gasteiger partial charge is 0.372 e. The van der Waals surface area contributed by atoms with Crippen molar-refractivity contribution < 1.29 is 9.53 Å². The van der Waals surface area contributed by atoms with Crippen LogP contribution in [0.25, 0.3) is 0 Å². The first-order valence-corrected chi connectivity index (χ1v) is 8.41. The summed E-state index contributed by atoms with van der Waals surface area (Å²) in [6.45, 7) is 4.27. The highest BCUT2D eigenvalue weighted by Crippen LogP contribution is 2.34. The van der Waals surface area contributed by atoms with Crippen molar-refractivity contribution in [2.75, 3.05) is 13.2 Å². The van der Waals surface area contributed by atoms with Gasteiger partial charge in [0, 0.05) is 31.8 Å². The lowest BCUT2D eigenvalue weighted by atomic mass is 9.97. The first-order valence-electron chi connectivity index (χ1n) is 8.41. The molecule has 0 aliphatic carbocycles. The highest BCUT2D eigenvalue weighted by Gasteiger charge is 2.32. The zero-order valence-electron chi connectivity index (χ0n) is 13.9. The second-order valence-electron chi connectivity index (χ2n) is 6.07. The van der Waals surface area contributed by atoms with Gasteiger partial charge in [0.15, 0.2) is 0 Å². The molecule has 1 fully saturated rings. The van der Waals surface area contributed by atoms with Gasteiger partial charge >= 0.3 is 0 Å². The fraction of sp³-hybridized carbons (Fsp3) is 0.444. The molecule has 1 amide bonds. The molecule has 1 aromatic heterocycles. The van der Waals surface area contributed by atoms with E-state index in [4.69, 9.17) is 10.5 Å². The number of aromatic nitrogens is 2. The summed E-state index contributed by atoms with van der Waals surface area (Å²) in [5.74, 6) is -0.0761. The van der Waals surface area contributed by atoms with Crippen LogP contribution in [0.3, 0.4) is 0 Å². The van der Waals surface area contributed by atoms with E-state index in [9.17, 15) is 4.79 Å². The van der Waals surface area contributed by atoms with E-state index in [-0.39, 0.29) is 17.9 Å². The molecule has 24 heavy (non-hydrogen) atoms. The number of ether oxygens (including phenoxy) is 1. The Kier molecular flexibility index (Phi) is 5.27. The third kappa shape index (κ3) is 3.49. The summed E-state index contributed by atoms with van der Waals surface area (Å²) in [5, 5.41) is 7.65. The van der Waals surface area contributed by atoms with Crippen molar-refractivity contribution in [3.63, 3.8) is 0 Å². The summed E-state index contributed by atoms with van der Waals surface area (Å²) >= 11 is 0. The zero-order chi connectivity index (χ0) is 16.9. The molecule has 2 aromatic rings. The van der Waals surface area contributed by atoms with Crippen molar-refractivity contribution >= 4 is 5.91 Å². The molecule has 3 atom stereocenters. The molecule has 0 saturated carbocycles. The van der Waals surface area contributed by atoms with E-state index in [1.165, 1.54) is 0 Å². The molecule has 0 radical (unpaired) electrons. The summed E-state index contributed by atoms with van der Waals surface area (Å²) in [6, 6.07) is 11.1. The Hall–Kier alpha value is -2.18. The van der Waals surface area contributed by atoms with Crippen molar-refractivity contribution in [1.82, 2.24) is 15.1 Å². The molecular formula is C18H24N4O2. The molecule has 1 aliphatic rings. The average Bonchev–Trinajstić information content (AvgIpc) is 3.23. The maximum absolute atomic E-state index is 11.8. The smallest absolute Gasteiger partial charge is 0.239 e. The highest BCUT2D eigenvalue weighted by molar-refractivity contribution is 5.81. The molecule has 128 valence electrons. The predicted octanol–water partition coefficient (Wildman–Crippen LogP) is 1.80. The monoisotopic (exact) mass is 328 g/mol. The lowest BCUT2D eigenvalue weighted by Crippen LogP contribution is -2.37. The number of nitrogens with one attached hydrogen (secondary N) is 1. The van der Waals surface area contributed by atoms with Crippen LogP contribution in [-0.2, 0) is 16.1 Å². The maximum Gasteiger partial charge on any atom is 0.239 e. The number of nitrogens with zero attached hydrogens (tertiary/aromatic N) is 2. The molecule has 3 N–H and O–H groups in total. The van der Waals surface area contributed by atoms with Crippen molar-refractivity contribution in [2.45, 2.75) is 32.0 Å². The SMILES string of the molecule is CCn1nccc1[C@@H]1OCC[C@H]1CN[C@@H](C(N)=O)c1ccccc1. The van der Waals surface area contributed by atoms with E-state index in [1.54, 1.807) is 6.20 Å². The third-order valence-corrected chi connectivity index (χ3v) is 4.56. The number of benzene rings is 1. The van der Waals surface area contributed by atoms with Gasteiger partial charge in [-0.3, -0.25) is 9.48 Å². The Morgan fingerprint density at radius 1 is 1.42 bits per heavy atom. The molecule has 2 heterocycles. The molecule has 6 heteroatoms. The van der Waals surface area contributed by atoms with Crippen LogP contribution < -0.4 is 11.1 Å². The number of nitrogens with two attached hydrogens (primary N) is 1. The average molecular weight is 328 g/mol. The van der Waals surface area contributed by atoms with Crippen LogP contribution in [0.1, 0.15) is 36.7 Å². The first kappa shape index (κ1) is 16.7. The van der Waals surface area contributed by atoms with E-state index in [2.05, 4.69) is 17.3 Å². The lowest BCUT2D eigenvalue weighted by Gasteiger charge is -2.23. The van der Waals surface area contributed by atoms with Gasteiger partial charge in [0.25, 0.3) is 0 Å². The summed E-state index contributed by atoms with van der Waals surface area (Å²) in [5.41, 5.74) is 7.56. The van der Waals surface area contributed by atoms with Gasteiger partial charge in [-0.25, -0.2) is 0 Å². The van der Waals surface area contributed by atoms with Crippen LogP contribution in [-0.4, -0.2) is 28.8 Å². The zero-order valence-corrected chi connectivity index (χ0v) is 13.9. The van der Waals surface area contributed by atoms with Crippen LogP contribution >= 0.6 is 0 Å². The number of amides is 1. The number of carbonyl (C=O) groups is 1. The van der Waals surface area contributed by atoms with Gasteiger partial charge in [0.1, 0.15) is 12.1 Å². The van der Waals surface area contributed by atoms with E-state index >= 15 is 0 Å². The highest BCUT2D eigenvalue weighted by atomic mass is 16.5. The Balaban J connectivity index is 1.69. The van der Waals surface area contributed by atoms with Gasteiger partial charge < -0.3 is 15.8 Å². The Bertz CT molecular complexity index is 671. The molecular weight excluding hydrogens is 304 g/mol. The van der Waals surface area contributed by atoms with Crippen LogP contribution in [0, 0.1) is 5.92 Å². The molecule has 0 unspecified atom stereocenters. The maximum atomic E-state index is 11.8. The second-order valence-corrected chi connectivity index (χ2v) is 6.07. The van der Waals surface area contributed by atoms with Gasteiger partial charge in [-0.15, -0.1) is 0 Å². The van der Waals surface area contributed by atoms with Crippen molar-refractivity contribution in [1.29, 1.82) is 0 Å². The van der Waals surface area contributed by atoms with E-state index in [0.29, 0.717) is 6.54 Å². The van der Waals surface area contributed by atoms with E-state index in [1.807, 2.05) is 41.1 Å². The van der Waals surface area contributed by atoms with Crippen LogP contribution in [0.5, 0.6) is 0 Å². The summed E-state index contributed by atoms with van der Waals surface area (Å²) in [4.78, 5) is 11.8. The molecule has 0 bridgehead atoms. The van der Waals surface area contributed by atoms with Crippen molar-refractivity contribution in [3.05, 3.63) is 53.9 Å². The Morgan fingerprint density at radius 2 is 2.21 bits per heavy atom. The van der Waals surface area contributed by atoms with Crippen LogP contribution in [0.15, 0.2) is 42.6 Å². The minimum absolute atomic E-state index is 0.00394. The number of rotatable bonds is 7. The Morgan fingerprint density at radius 3 is 2.92 bits per heavy atom. The minimum Gasteiger partial charge on any atom is -0.372 e. The van der Waals surface area contributed by atoms with Crippen molar-refractivity contribution in [3.8, 4) is 0 Å². The fourth-order valence-electron chi connectivity index (χ4n) is 3.32. The molecule has 3 rings (SSSR count). The van der Waals surface area contributed by atoms with Crippen LogP contribution in [0.4, 0.5) is 0 Å². The number of hydrogen-bond donors (Lipinski definition) is 2. The molecule has 1 saturated heterocycles. The molecule has 1 aliphatic heterocycles. The second kappa shape index (κ2) is 7.59. The summed E-state index contributed by atoms with van der Waals surface area (Å²) in [6.07, 6.45) is 2.76. The first-order chi connectivity index (χ1) is 11.7. The van der Waals surface area contributed by atoms with Crippen molar-refractivity contribution in [2.24, 2.45) is 11.7 Å². The van der Waals surface area contributed by atoms with Gasteiger partial charge in [-0.05, 0) is 25.0 Å². The van der Waals surface area contributed by atoms with Gasteiger partial charge in [0.2, 0.25) is 5.91 Å². The van der Waals surface area contributed by atoms with Crippen LogP contribution in [0.2, 0.25) is 0 Å². The lowest BCUT2D eigenvalue weighted by molar-refractivity contribution is -0.120. The van der Waals surface area contributed by atoms with Gasteiger partial charge in [-0.1, -0.05) is 30.3 Å². The predicted molar refractivity (Wildman–Crippen MR) is 91.1 cm³/mol. The fourth-order valence-corrected chi connectivity index (χ4v) is 3.32. The van der Waals surface area contributed by atoms with E-state index < -0.39 is 6.04 Å². The number of primary amides is 1. The quantitative estimate of drug-likeness (QED) is 0.812. The van der Waals surface area contributed by atoms with E-state index in [0.717, 1.165) is 30.8 Å². The summed E-state index contributed by atoms with van der Waals surface area (Å²) in [7, 11) is 0. The number of carbonyl (C=O) groups excluding carboxylic acids is 1. The topological polar surface area (TPSA) is 82.2 Å². The standard InChI is InChI=1S/C18H24N4O2/c1-2-22-15(8-10-21-22)17-14(9-11-24-17)12-20-16(18(19)23)13-6-4-3-5-7-13/h3-8,10,14,16-17,20H,2,9,11-12H2,1H3,(H2,19,23)/t14-,16+,17+/m0/s1. The molecule has 1 aromatic carbocycles. The van der Waals surface area contributed by atoms with Gasteiger partial charge in [0.05, 0.1) is 5.69 Å².